The van der Waals surface area contributed by atoms with E-state index in [9.17, 15) is 18.8 Å². The predicted molar refractivity (Wildman–Crippen MR) is 73.4 cm³/mol. The minimum atomic E-state index is -0.955. The molecule has 0 aliphatic carbocycles. The van der Waals surface area contributed by atoms with Crippen LogP contribution in [0.25, 0.3) is 0 Å². The number of nitrogens with zero attached hydrogens (tertiary/aromatic N) is 1. The molecule has 110 valence electrons. The molecule has 0 spiro atoms. The van der Waals surface area contributed by atoms with E-state index in [1.807, 2.05) is 0 Å². The number of hydrogen-bond donors (Lipinski definition) is 2. The molecule has 0 unspecified atom stereocenters. The number of halogens is 3. The number of hydrogen-bond acceptors (Lipinski definition) is 4. The normalized spacial score (nSPS) is 10.3. The van der Waals surface area contributed by atoms with E-state index in [4.69, 9.17) is 16.8 Å². The highest BCUT2D eigenvalue weighted by molar-refractivity contribution is 6.34. The molecule has 0 fully saturated rings. The highest BCUT2D eigenvalue weighted by Crippen LogP contribution is 2.24. The van der Waals surface area contributed by atoms with Gasteiger partial charge in [-0.25, -0.2) is 8.78 Å². The monoisotopic (exact) mass is 313 g/mol. The van der Waals surface area contributed by atoms with Gasteiger partial charge in [0.05, 0.1) is 22.0 Å². The minimum absolute atomic E-state index is 0.000574. The third kappa shape index (κ3) is 3.46. The summed E-state index contributed by atoms with van der Waals surface area (Å²) in [6.07, 6.45) is 0. The van der Waals surface area contributed by atoms with Gasteiger partial charge in [-0.1, -0.05) is 11.6 Å². The third-order valence-corrected chi connectivity index (χ3v) is 2.92. The van der Waals surface area contributed by atoms with Gasteiger partial charge in [0.25, 0.3) is 5.91 Å². The first-order valence-corrected chi connectivity index (χ1v) is 5.98. The molecular weight excluding hydrogens is 306 g/mol. The number of benzene rings is 2. The largest absolute Gasteiger partial charge is 0.733 e. The van der Waals surface area contributed by atoms with Crippen molar-refractivity contribution in [2.45, 2.75) is 0 Å². The lowest BCUT2D eigenvalue weighted by Crippen LogP contribution is -2.15. The van der Waals surface area contributed by atoms with E-state index < -0.39 is 22.8 Å². The van der Waals surface area contributed by atoms with E-state index in [1.54, 1.807) is 0 Å². The molecule has 0 bridgehead atoms. The zero-order valence-electron chi connectivity index (χ0n) is 10.3. The summed E-state index contributed by atoms with van der Waals surface area (Å²) in [6.45, 7) is 0. The Morgan fingerprint density at radius 3 is 2.57 bits per heavy atom. The number of anilines is 2. The summed E-state index contributed by atoms with van der Waals surface area (Å²) in [4.78, 5) is 12.0. The van der Waals surface area contributed by atoms with Crippen LogP contribution >= 0.6 is 11.6 Å². The van der Waals surface area contributed by atoms with Crippen molar-refractivity contribution in [3.8, 4) is 0 Å². The van der Waals surface area contributed by atoms with Crippen LogP contribution in [0, 0.1) is 16.8 Å². The Bertz CT molecular complexity index is 695. The second-order valence-corrected chi connectivity index (χ2v) is 4.42. The van der Waals surface area contributed by atoms with Crippen LogP contribution in [-0.4, -0.2) is 11.1 Å². The van der Waals surface area contributed by atoms with Gasteiger partial charge in [-0.05, 0) is 30.3 Å². The Morgan fingerprint density at radius 2 is 1.95 bits per heavy atom. The first-order chi connectivity index (χ1) is 9.88. The van der Waals surface area contributed by atoms with Gasteiger partial charge in [-0.3, -0.25) is 10.0 Å². The Labute approximate surface area is 122 Å². The first-order valence-electron chi connectivity index (χ1n) is 5.60. The van der Waals surface area contributed by atoms with Crippen LogP contribution in [0.1, 0.15) is 10.4 Å². The van der Waals surface area contributed by atoms with Crippen molar-refractivity contribution < 1.29 is 18.8 Å². The van der Waals surface area contributed by atoms with Crippen molar-refractivity contribution >= 4 is 28.9 Å². The van der Waals surface area contributed by atoms with Crippen molar-refractivity contribution in [3.63, 3.8) is 0 Å². The van der Waals surface area contributed by atoms with Gasteiger partial charge >= 0.3 is 0 Å². The molecule has 2 N–H and O–H groups in total. The molecule has 0 aliphatic heterocycles. The Kier molecular flexibility index (Phi) is 4.37. The number of amides is 1. The molecule has 2 rings (SSSR count). The van der Waals surface area contributed by atoms with Crippen molar-refractivity contribution in [3.05, 3.63) is 63.8 Å². The van der Waals surface area contributed by atoms with Crippen molar-refractivity contribution in [1.82, 2.24) is 0 Å². The van der Waals surface area contributed by atoms with E-state index in [-0.39, 0.29) is 22.0 Å². The van der Waals surface area contributed by atoms with E-state index in [0.717, 1.165) is 18.2 Å². The zero-order valence-corrected chi connectivity index (χ0v) is 11.1. The number of rotatable bonds is 3. The van der Waals surface area contributed by atoms with E-state index in [2.05, 4.69) is 5.32 Å². The van der Waals surface area contributed by atoms with Crippen LogP contribution < -0.4 is 10.5 Å². The molecule has 0 atom stereocenters. The van der Waals surface area contributed by atoms with Crippen LogP contribution in [0.15, 0.2) is 36.4 Å². The standard InChI is InChI=1S/C13H8ClF2N2O3/c14-10-3-2-8(18(20)21)6-9(10)13(19)17-12-4-1-7(15)5-11(12)16/h1-6,20H,(H,17,19)/q-1. The molecule has 1 amide bonds. The SMILES string of the molecule is O=C(Nc1ccc(F)cc1F)c1cc(N([O-])O)ccc1Cl. The van der Waals surface area contributed by atoms with Crippen LogP contribution in [0.5, 0.6) is 0 Å². The fraction of sp³-hybridized carbons (Fsp3) is 0. The molecule has 0 saturated heterocycles. The lowest BCUT2D eigenvalue weighted by Gasteiger charge is -2.22. The van der Waals surface area contributed by atoms with Crippen LogP contribution in [-0.2, 0) is 0 Å². The Morgan fingerprint density at radius 1 is 1.24 bits per heavy atom. The molecule has 0 heterocycles. The molecule has 0 radical (unpaired) electrons. The third-order valence-electron chi connectivity index (χ3n) is 2.59. The van der Waals surface area contributed by atoms with Crippen molar-refractivity contribution in [2.75, 3.05) is 10.5 Å². The van der Waals surface area contributed by atoms with Gasteiger partial charge in [0.1, 0.15) is 11.6 Å². The van der Waals surface area contributed by atoms with Crippen molar-refractivity contribution in [1.29, 1.82) is 0 Å². The van der Waals surface area contributed by atoms with Crippen LogP contribution in [0.3, 0.4) is 0 Å². The molecule has 2 aromatic rings. The lowest BCUT2D eigenvalue weighted by atomic mass is 10.1. The molecule has 5 nitrogen and oxygen atoms in total. The summed E-state index contributed by atoms with van der Waals surface area (Å²) in [5, 5.41) is 21.3. The fourth-order valence-electron chi connectivity index (χ4n) is 1.59. The average Bonchev–Trinajstić information content (AvgIpc) is 2.42. The summed E-state index contributed by atoms with van der Waals surface area (Å²) in [5.41, 5.74) is -0.609. The molecule has 2 aromatic carbocycles. The molecule has 8 heteroatoms. The highest BCUT2D eigenvalue weighted by atomic mass is 35.5. The van der Waals surface area contributed by atoms with Crippen molar-refractivity contribution in [2.24, 2.45) is 0 Å². The topological polar surface area (TPSA) is 75.6 Å². The maximum absolute atomic E-state index is 13.4. The fourth-order valence-corrected chi connectivity index (χ4v) is 1.79. The Balaban J connectivity index is 2.30. The molecule has 0 saturated carbocycles. The quantitative estimate of drug-likeness (QED) is 0.849. The van der Waals surface area contributed by atoms with Gasteiger partial charge in [0, 0.05) is 6.07 Å². The maximum atomic E-state index is 13.4. The summed E-state index contributed by atoms with van der Waals surface area (Å²) >= 11 is 5.81. The summed E-state index contributed by atoms with van der Waals surface area (Å²) in [7, 11) is 0. The predicted octanol–water partition coefficient (Wildman–Crippen LogP) is 3.56. The number of nitrogens with one attached hydrogen (secondary N) is 1. The van der Waals surface area contributed by atoms with Gasteiger partial charge in [-0.2, -0.15) is 0 Å². The summed E-state index contributed by atoms with van der Waals surface area (Å²) in [5.74, 6) is -2.55. The zero-order chi connectivity index (χ0) is 15.6. The smallest absolute Gasteiger partial charge is 0.257 e. The summed E-state index contributed by atoms with van der Waals surface area (Å²) in [6, 6.07) is 6.10. The second kappa shape index (κ2) is 6.04. The lowest BCUT2D eigenvalue weighted by molar-refractivity contribution is 0.102. The second-order valence-electron chi connectivity index (χ2n) is 4.02. The van der Waals surface area contributed by atoms with Gasteiger partial charge in [0.15, 0.2) is 0 Å². The van der Waals surface area contributed by atoms with E-state index in [0.29, 0.717) is 6.07 Å². The Hall–Kier alpha value is -2.22. The maximum Gasteiger partial charge on any atom is 0.257 e. The van der Waals surface area contributed by atoms with Gasteiger partial charge in [0.2, 0.25) is 0 Å². The van der Waals surface area contributed by atoms with Crippen LogP contribution in [0.2, 0.25) is 5.02 Å². The number of carbonyl (C=O) groups excluding carboxylic acids is 1. The van der Waals surface area contributed by atoms with Gasteiger partial charge in [-0.15, -0.1) is 0 Å². The average molecular weight is 314 g/mol. The van der Waals surface area contributed by atoms with E-state index in [1.165, 1.54) is 12.1 Å². The molecule has 0 aliphatic rings. The number of carbonyl (C=O) groups is 1. The van der Waals surface area contributed by atoms with Gasteiger partial charge < -0.3 is 15.8 Å². The molecule has 0 aromatic heterocycles. The highest BCUT2D eigenvalue weighted by Gasteiger charge is 2.14. The summed E-state index contributed by atoms with van der Waals surface area (Å²) < 4.78 is 26.2. The minimum Gasteiger partial charge on any atom is -0.733 e. The van der Waals surface area contributed by atoms with Crippen LogP contribution in [0.4, 0.5) is 20.2 Å². The van der Waals surface area contributed by atoms with E-state index >= 15 is 0 Å². The first kappa shape index (κ1) is 15.2. The molecule has 21 heavy (non-hydrogen) atoms. The molecular formula is C13H8ClF2N2O3-.